The van der Waals surface area contributed by atoms with Crippen LogP contribution in [0.3, 0.4) is 0 Å². The number of rotatable bonds is 3. The zero-order valence-corrected chi connectivity index (χ0v) is 20.1. The fraction of sp³-hybridized carbons (Fsp3) is 0.185. The highest BCUT2D eigenvalue weighted by atomic mass is 35.5. The van der Waals surface area contributed by atoms with E-state index in [1.165, 1.54) is 5.56 Å². The first-order chi connectivity index (χ1) is 16.7. The van der Waals surface area contributed by atoms with Gasteiger partial charge in [0.25, 0.3) is 5.91 Å². The summed E-state index contributed by atoms with van der Waals surface area (Å²) in [5, 5.41) is 1.71. The molecule has 170 valence electrons. The Balaban J connectivity index is 1.22. The largest absolute Gasteiger partial charge is 0.345 e. The Hall–Kier alpha value is -3.35. The van der Waals surface area contributed by atoms with E-state index in [-0.39, 0.29) is 5.91 Å². The third-order valence-electron chi connectivity index (χ3n) is 6.41. The SMILES string of the molecule is O=C(c1ccccc1N1C=CCc2ccccc21)N1CCN(c2nc3ccc(Cl)cc3s2)CC1. The molecule has 34 heavy (non-hydrogen) atoms. The highest BCUT2D eigenvalue weighted by Gasteiger charge is 2.27. The summed E-state index contributed by atoms with van der Waals surface area (Å²) < 4.78 is 1.09. The number of carbonyl (C=O) groups excluding carboxylic acids is 1. The van der Waals surface area contributed by atoms with E-state index < -0.39 is 0 Å². The van der Waals surface area contributed by atoms with Crippen LogP contribution in [0.4, 0.5) is 16.5 Å². The van der Waals surface area contributed by atoms with E-state index in [0.717, 1.165) is 56.8 Å². The smallest absolute Gasteiger partial charge is 0.256 e. The van der Waals surface area contributed by atoms with Gasteiger partial charge < -0.3 is 14.7 Å². The number of halogens is 1. The molecule has 0 bridgehead atoms. The predicted molar refractivity (Wildman–Crippen MR) is 141 cm³/mol. The van der Waals surface area contributed by atoms with Crippen molar-refractivity contribution in [3.05, 3.63) is 95.2 Å². The quantitative estimate of drug-likeness (QED) is 0.349. The molecule has 1 amide bonds. The van der Waals surface area contributed by atoms with Crippen molar-refractivity contribution in [3.63, 3.8) is 0 Å². The molecule has 6 rings (SSSR count). The molecule has 0 N–H and O–H groups in total. The minimum Gasteiger partial charge on any atom is -0.345 e. The third kappa shape index (κ3) is 3.83. The Labute approximate surface area is 207 Å². The van der Waals surface area contributed by atoms with Crippen LogP contribution in [0.25, 0.3) is 10.2 Å². The summed E-state index contributed by atoms with van der Waals surface area (Å²) in [4.78, 5) is 24.7. The van der Waals surface area contributed by atoms with Gasteiger partial charge >= 0.3 is 0 Å². The summed E-state index contributed by atoms with van der Waals surface area (Å²) in [5.41, 5.74) is 5.00. The Kier molecular flexibility index (Phi) is 5.47. The van der Waals surface area contributed by atoms with Crippen LogP contribution in [0.2, 0.25) is 5.02 Å². The fourth-order valence-corrected chi connectivity index (χ4v) is 5.94. The number of aromatic nitrogens is 1. The summed E-state index contributed by atoms with van der Waals surface area (Å²) in [6.45, 7) is 2.84. The summed E-state index contributed by atoms with van der Waals surface area (Å²) in [7, 11) is 0. The summed E-state index contributed by atoms with van der Waals surface area (Å²) in [5.74, 6) is 0.0720. The Morgan fingerprint density at radius 2 is 1.68 bits per heavy atom. The second kappa shape index (κ2) is 8.78. The normalized spacial score (nSPS) is 15.6. The molecule has 5 nitrogen and oxygen atoms in total. The predicted octanol–water partition coefficient (Wildman–Crippen LogP) is 6.12. The molecule has 2 aliphatic heterocycles. The number of thiazole rings is 1. The van der Waals surface area contributed by atoms with Crippen molar-refractivity contribution in [2.75, 3.05) is 36.0 Å². The molecule has 0 saturated carbocycles. The number of allylic oxidation sites excluding steroid dienone is 1. The minimum absolute atomic E-state index is 0.0720. The highest BCUT2D eigenvalue weighted by Crippen LogP contribution is 2.35. The van der Waals surface area contributed by atoms with Crippen LogP contribution in [0, 0.1) is 0 Å². The van der Waals surface area contributed by atoms with Gasteiger partial charge in [-0.15, -0.1) is 0 Å². The maximum absolute atomic E-state index is 13.6. The van der Waals surface area contributed by atoms with E-state index in [1.54, 1.807) is 11.3 Å². The molecule has 1 saturated heterocycles. The van der Waals surface area contributed by atoms with Crippen LogP contribution in [0.15, 0.2) is 79.0 Å². The molecule has 3 aromatic carbocycles. The van der Waals surface area contributed by atoms with Crippen molar-refractivity contribution in [1.29, 1.82) is 0 Å². The molecular weight excluding hydrogens is 464 g/mol. The number of hydrogen-bond acceptors (Lipinski definition) is 5. The topological polar surface area (TPSA) is 39.7 Å². The van der Waals surface area contributed by atoms with Crippen LogP contribution < -0.4 is 9.80 Å². The van der Waals surface area contributed by atoms with E-state index in [0.29, 0.717) is 13.1 Å². The Morgan fingerprint density at radius 1 is 0.912 bits per heavy atom. The number of anilines is 3. The first-order valence-corrected chi connectivity index (χ1v) is 12.6. The van der Waals surface area contributed by atoms with Gasteiger partial charge in [0.2, 0.25) is 0 Å². The fourth-order valence-electron chi connectivity index (χ4n) is 4.65. The van der Waals surface area contributed by atoms with Gasteiger partial charge in [-0.3, -0.25) is 4.79 Å². The van der Waals surface area contributed by atoms with Gasteiger partial charge in [-0.25, -0.2) is 4.98 Å². The number of hydrogen-bond donors (Lipinski definition) is 0. The first kappa shape index (κ1) is 21.2. The third-order valence-corrected chi connectivity index (χ3v) is 7.73. The number of fused-ring (bicyclic) bond motifs is 2. The molecule has 0 radical (unpaired) electrons. The number of amides is 1. The lowest BCUT2D eigenvalue weighted by Gasteiger charge is -2.35. The van der Waals surface area contributed by atoms with Crippen LogP contribution in [0.1, 0.15) is 15.9 Å². The van der Waals surface area contributed by atoms with Crippen molar-refractivity contribution in [3.8, 4) is 0 Å². The molecular formula is C27H23ClN4OS. The van der Waals surface area contributed by atoms with E-state index in [2.05, 4.69) is 40.3 Å². The minimum atomic E-state index is 0.0720. The Morgan fingerprint density at radius 3 is 2.53 bits per heavy atom. The molecule has 0 atom stereocenters. The summed E-state index contributed by atoms with van der Waals surface area (Å²) in [6.07, 6.45) is 5.13. The molecule has 0 spiro atoms. The molecule has 0 aliphatic carbocycles. The zero-order valence-electron chi connectivity index (χ0n) is 18.5. The Bertz CT molecular complexity index is 1410. The van der Waals surface area contributed by atoms with Gasteiger partial charge in [-0.2, -0.15) is 0 Å². The van der Waals surface area contributed by atoms with Crippen molar-refractivity contribution < 1.29 is 4.79 Å². The van der Waals surface area contributed by atoms with Gasteiger partial charge in [-0.1, -0.05) is 59.3 Å². The monoisotopic (exact) mass is 486 g/mol. The molecule has 0 unspecified atom stereocenters. The summed E-state index contributed by atoms with van der Waals surface area (Å²) in [6, 6.07) is 22.1. The number of carbonyl (C=O) groups is 1. The van der Waals surface area contributed by atoms with E-state index >= 15 is 0 Å². The van der Waals surface area contributed by atoms with E-state index in [9.17, 15) is 4.79 Å². The van der Waals surface area contributed by atoms with E-state index in [4.69, 9.17) is 16.6 Å². The second-order valence-corrected chi connectivity index (χ2v) is 9.94. The standard InChI is InChI=1S/C27H23ClN4OS/c28-20-11-12-22-25(18-20)34-27(29-22)31-16-14-30(15-17-31)26(33)21-8-2-4-10-24(21)32-13-5-7-19-6-1-3-9-23(19)32/h1-6,8-13,18H,7,14-17H2. The van der Waals surface area contributed by atoms with Gasteiger partial charge in [-0.05, 0) is 48.4 Å². The van der Waals surface area contributed by atoms with E-state index in [1.807, 2.05) is 53.4 Å². The van der Waals surface area contributed by atoms with Gasteiger partial charge in [0.05, 0.1) is 21.5 Å². The average Bonchev–Trinajstić information content (AvgIpc) is 3.31. The molecule has 7 heteroatoms. The average molecular weight is 487 g/mol. The maximum atomic E-state index is 13.6. The molecule has 4 aromatic rings. The molecule has 3 heterocycles. The van der Waals surface area contributed by atoms with Gasteiger partial charge in [0.1, 0.15) is 0 Å². The number of para-hydroxylation sites is 2. The van der Waals surface area contributed by atoms with Crippen molar-refractivity contribution in [2.45, 2.75) is 6.42 Å². The van der Waals surface area contributed by atoms with Crippen molar-refractivity contribution in [1.82, 2.24) is 9.88 Å². The lowest BCUT2D eigenvalue weighted by Crippen LogP contribution is -2.49. The highest BCUT2D eigenvalue weighted by molar-refractivity contribution is 7.22. The van der Waals surface area contributed by atoms with Crippen LogP contribution in [0.5, 0.6) is 0 Å². The lowest BCUT2D eigenvalue weighted by atomic mass is 10.0. The van der Waals surface area contributed by atoms with Crippen molar-refractivity contribution in [2.24, 2.45) is 0 Å². The van der Waals surface area contributed by atoms with Gasteiger partial charge in [0, 0.05) is 43.1 Å². The maximum Gasteiger partial charge on any atom is 0.256 e. The lowest BCUT2D eigenvalue weighted by molar-refractivity contribution is 0.0747. The van der Waals surface area contributed by atoms with Crippen molar-refractivity contribution >= 4 is 55.6 Å². The summed E-state index contributed by atoms with van der Waals surface area (Å²) >= 11 is 7.79. The number of nitrogens with zero attached hydrogens (tertiary/aromatic N) is 4. The van der Waals surface area contributed by atoms with Crippen LogP contribution in [-0.2, 0) is 6.42 Å². The van der Waals surface area contributed by atoms with Gasteiger partial charge in [0.15, 0.2) is 5.13 Å². The van der Waals surface area contributed by atoms with Crippen LogP contribution in [-0.4, -0.2) is 42.0 Å². The molecule has 2 aliphatic rings. The first-order valence-electron chi connectivity index (χ1n) is 11.4. The second-order valence-electron chi connectivity index (χ2n) is 8.49. The molecule has 1 aromatic heterocycles. The van der Waals surface area contributed by atoms with Crippen LogP contribution >= 0.6 is 22.9 Å². The number of piperazine rings is 1. The molecule has 1 fully saturated rings. The number of benzene rings is 3. The zero-order chi connectivity index (χ0) is 23.1.